The summed E-state index contributed by atoms with van der Waals surface area (Å²) < 4.78 is 5.77. The zero-order valence-corrected chi connectivity index (χ0v) is 10.5. The van der Waals surface area contributed by atoms with Gasteiger partial charge >= 0.3 is 0 Å². The first kappa shape index (κ1) is 12.3. The maximum absolute atomic E-state index is 5.87. The molecule has 0 aromatic carbocycles. The first-order chi connectivity index (χ1) is 7.85. The highest BCUT2D eigenvalue weighted by atomic mass is 16.5. The molecule has 0 aromatic heterocycles. The van der Waals surface area contributed by atoms with Gasteiger partial charge in [0.05, 0.1) is 6.10 Å². The van der Waals surface area contributed by atoms with E-state index in [9.17, 15) is 0 Å². The van der Waals surface area contributed by atoms with Crippen molar-refractivity contribution in [3.8, 4) is 0 Å². The van der Waals surface area contributed by atoms with Gasteiger partial charge in [-0.15, -0.1) is 0 Å². The fourth-order valence-corrected chi connectivity index (χ4v) is 3.41. The molecule has 3 nitrogen and oxygen atoms in total. The van der Waals surface area contributed by atoms with Gasteiger partial charge in [0.1, 0.15) is 0 Å². The van der Waals surface area contributed by atoms with Crippen LogP contribution in [0.25, 0.3) is 0 Å². The Morgan fingerprint density at radius 1 is 1.25 bits per heavy atom. The van der Waals surface area contributed by atoms with Gasteiger partial charge in [-0.25, -0.2) is 0 Å². The molecule has 0 spiro atoms. The standard InChI is InChI=1S/C13H26N2O/c1-2-16-12-6-4-8-15(10-12)13-7-3-5-11(13)9-14/h11-13H,2-10,14H2,1H3. The van der Waals surface area contributed by atoms with E-state index >= 15 is 0 Å². The number of hydrogen-bond donors (Lipinski definition) is 1. The molecule has 2 fully saturated rings. The van der Waals surface area contributed by atoms with Crippen LogP contribution in [-0.4, -0.2) is 43.3 Å². The van der Waals surface area contributed by atoms with Crippen LogP contribution in [0.1, 0.15) is 39.0 Å². The van der Waals surface area contributed by atoms with Crippen LogP contribution in [0.4, 0.5) is 0 Å². The molecule has 1 saturated carbocycles. The molecule has 0 aromatic rings. The Labute approximate surface area is 99.3 Å². The molecule has 1 aliphatic heterocycles. The number of hydrogen-bond acceptors (Lipinski definition) is 3. The lowest BCUT2D eigenvalue weighted by Crippen LogP contribution is -2.48. The SMILES string of the molecule is CCOC1CCCN(C2CCCC2CN)C1. The summed E-state index contributed by atoms with van der Waals surface area (Å²) in [6.45, 7) is 6.20. The monoisotopic (exact) mass is 226 g/mol. The number of rotatable bonds is 4. The summed E-state index contributed by atoms with van der Waals surface area (Å²) in [6, 6.07) is 0.744. The summed E-state index contributed by atoms with van der Waals surface area (Å²) in [4.78, 5) is 2.65. The van der Waals surface area contributed by atoms with Crippen molar-refractivity contribution in [1.29, 1.82) is 0 Å². The predicted octanol–water partition coefficient (Wildman–Crippen LogP) is 1.61. The predicted molar refractivity (Wildman–Crippen MR) is 66.4 cm³/mol. The van der Waals surface area contributed by atoms with E-state index in [1.807, 2.05) is 0 Å². The molecular formula is C13H26N2O. The third-order valence-corrected chi connectivity index (χ3v) is 4.20. The van der Waals surface area contributed by atoms with E-state index in [2.05, 4.69) is 11.8 Å². The minimum absolute atomic E-state index is 0.470. The third-order valence-electron chi connectivity index (χ3n) is 4.20. The molecule has 1 heterocycles. The molecule has 1 saturated heterocycles. The number of piperidine rings is 1. The molecule has 0 bridgehead atoms. The average molecular weight is 226 g/mol. The van der Waals surface area contributed by atoms with E-state index in [4.69, 9.17) is 10.5 Å². The first-order valence-corrected chi connectivity index (χ1v) is 6.90. The first-order valence-electron chi connectivity index (χ1n) is 6.90. The van der Waals surface area contributed by atoms with Crippen molar-refractivity contribution in [2.75, 3.05) is 26.2 Å². The Morgan fingerprint density at radius 2 is 2.12 bits per heavy atom. The minimum atomic E-state index is 0.470. The Kier molecular flexibility index (Phi) is 4.62. The maximum Gasteiger partial charge on any atom is 0.0702 e. The topological polar surface area (TPSA) is 38.5 Å². The highest BCUT2D eigenvalue weighted by Crippen LogP contribution is 2.31. The molecular weight excluding hydrogens is 200 g/mol. The van der Waals surface area contributed by atoms with Gasteiger partial charge in [0.2, 0.25) is 0 Å². The van der Waals surface area contributed by atoms with Crippen molar-refractivity contribution in [3.63, 3.8) is 0 Å². The van der Waals surface area contributed by atoms with E-state index < -0.39 is 0 Å². The number of likely N-dealkylation sites (tertiary alicyclic amines) is 1. The molecule has 1 aliphatic carbocycles. The van der Waals surface area contributed by atoms with Crippen molar-refractivity contribution in [3.05, 3.63) is 0 Å². The second kappa shape index (κ2) is 5.99. The summed E-state index contributed by atoms with van der Waals surface area (Å²) in [7, 11) is 0. The summed E-state index contributed by atoms with van der Waals surface area (Å²) in [5.74, 6) is 0.736. The number of nitrogens with two attached hydrogens (primary N) is 1. The van der Waals surface area contributed by atoms with Crippen LogP contribution in [0.2, 0.25) is 0 Å². The van der Waals surface area contributed by atoms with Gasteiger partial charge in [-0.05, 0) is 51.6 Å². The lowest BCUT2D eigenvalue weighted by atomic mass is 9.98. The third kappa shape index (κ3) is 2.76. The highest BCUT2D eigenvalue weighted by molar-refractivity contribution is 4.88. The lowest BCUT2D eigenvalue weighted by molar-refractivity contribution is -0.0122. The van der Waals surface area contributed by atoms with Gasteiger partial charge in [0.15, 0.2) is 0 Å². The molecule has 94 valence electrons. The van der Waals surface area contributed by atoms with E-state index in [0.717, 1.165) is 31.7 Å². The van der Waals surface area contributed by atoms with E-state index in [-0.39, 0.29) is 0 Å². The molecule has 3 heteroatoms. The van der Waals surface area contributed by atoms with Crippen LogP contribution >= 0.6 is 0 Å². The van der Waals surface area contributed by atoms with Crippen LogP contribution in [-0.2, 0) is 4.74 Å². The minimum Gasteiger partial charge on any atom is -0.377 e. The molecule has 0 radical (unpaired) electrons. The summed E-state index contributed by atoms with van der Waals surface area (Å²) in [5.41, 5.74) is 5.87. The maximum atomic E-state index is 5.87. The van der Waals surface area contributed by atoms with Gasteiger partial charge in [0.25, 0.3) is 0 Å². The molecule has 0 amide bonds. The fourth-order valence-electron chi connectivity index (χ4n) is 3.41. The zero-order chi connectivity index (χ0) is 11.4. The molecule has 2 N–H and O–H groups in total. The van der Waals surface area contributed by atoms with Crippen molar-refractivity contribution in [2.45, 2.75) is 51.2 Å². The van der Waals surface area contributed by atoms with Crippen LogP contribution in [0.3, 0.4) is 0 Å². The Balaban J connectivity index is 1.88. The second-order valence-corrected chi connectivity index (χ2v) is 5.21. The fraction of sp³-hybridized carbons (Fsp3) is 1.00. The summed E-state index contributed by atoms with van der Waals surface area (Å²) >= 11 is 0. The van der Waals surface area contributed by atoms with Crippen molar-refractivity contribution in [2.24, 2.45) is 11.7 Å². The average Bonchev–Trinajstić information content (AvgIpc) is 2.78. The number of nitrogens with zero attached hydrogens (tertiary/aromatic N) is 1. The number of ether oxygens (including phenoxy) is 1. The zero-order valence-electron chi connectivity index (χ0n) is 10.5. The van der Waals surface area contributed by atoms with Crippen molar-refractivity contribution in [1.82, 2.24) is 4.90 Å². The smallest absolute Gasteiger partial charge is 0.0702 e. The normalized spacial score (nSPS) is 36.8. The van der Waals surface area contributed by atoms with Gasteiger partial charge in [-0.1, -0.05) is 6.42 Å². The Bertz CT molecular complexity index is 208. The molecule has 16 heavy (non-hydrogen) atoms. The van der Waals surface area contributed by atoms with Crippen LogP contribution in [0, 0.1) is 5.92 Å². The van der Waals surface area contributed by atoms with Crippen LogP contribution < -0.4 is 5.73 Å². The van der Waals surface area contributed by atoms with E-state index in [1.54, 1.807) is 0 Å². The highest BCUT2D eigenvalue weighted by Gasteiger charge is 2.33. The van der Waals surface area contributed by atoms with E-state index in [0.29, 0.717) is 6.10 Å². The van der Waals surface area contributed by atoms with Crippen LogP contribution in [0.5, 0.6) is 0 Å². The molecule has 2 aliphatic rings. The molecule has 2 rings (SSSR count). The van der Waals surface area contributed by atoms with E-state index in [1.165, 1.54) is 38.6 Å². The van der Waals surface area contributed by atoms with Gasteiger partial charge in [-0.2, -0.15) is 0 Å². The van der Waals surface area contributed by atoms with Gasteiger partial charge in [0, 0.05) is 19.2 Å². The van der Waals surface area contributed by atoms with Gasteiger partial charge < -0.3 is 10.5 Å². The quantitative estimate of drug-likeness (QED) is 0.791. The Morgan fingerprint density at radius 3 is 2.88 bits per heavy atom. The molecule has 3 unspecified atom stereocenters. The Hall–Kier alpha value is -0.120. The van der Waals surface area contributed by atoms with Crippen LogP contribution in [0.15, 0.2) is 0 Å². The summed E-state index contributed by atoms with van der Waals surface area (Å²) in [6.07, 6.45) is 7.04. The lowest BCUT2D eigenvalue weighted by Gasteiger charge is -2.38. The second-order valence-electron chi connectivity index (χ2n) is 5.21. The molecule has 3 atom stereocenters. The summed E-state index contributed by atoms with van der Waals surface area (Å²) in [5, 5.41) is 0. The van der Waals surface area contributed by atoms with Crippen molar-refractivity contribution >= 4 is 0 Å². The largest absolute Gasteiger partial charge is 0.377 e. The van der Waals surface area contributed by atoms with Crippen molar-refractivity contribution < 1.29 is 4.74 Å². The van der Waals surface area contributed by atoms with Gasteiger partial charge in [-0.3, -0.25) is 4.90 Å².